The number of nitrogens with zero attached hydrogens (tertiary/aromatic N) is 3. The highest BCUT2D eigenvalue weighted by Crippen LogP contribution is 2.22. The summed E-state index contributed by atoms with van der Waals surface area (Å²) < 4.78 is 14.4. The Morgan fingerprint density at radius 2 is 1.87 bits per heavy atom. The fraction of sp³-hybridized carbons (Fsp3) is 0.261. The van der Waals surface area contributed by atoms with Crippen LogP contribution in [-0.2, 0) is 30.8 Å². The van der Waals surface area contributed by atoms with Crippen molar-refractivity contribution in [2.45, 2.75) is 33.0 Å². The van der Waals surface area contributed by atoms with Crippen LogP contribution in [0.3, 0.4) is 0 Å². The number of carbonyl (C=O) groups is 1. The molecule has 2 heterocycles. The van der Waals surface area contributed by atoms with Crippen LogP contribution >= 0.6 is 0 Å². The summed E-state index contributed by atoms with van der Waals surface area (Å²) in [6, 6.07) is 15.6. The number of halogens is 1. The van der Waals surface area contributed by atoms with Gasteiger partial charge in [-0.05, 0) is 42.2 Å². The molecule has 7 heteroatoms. The van der Waals surface area contributed by atoms with E-state index in [2.05, 4.69) is 22.4 Å². The van der Waals surface area contributed by atoms with Gasteiger partial charge < -0.3 is 10.2 Å². The van der Waals surface area contributed by atoms with E-state index < -0.39 is 0 Å². The van der Waals surface area contributed by atoms with Gasteiger partial charge in [0.25, 0.3) is 5.56 Å². The van der Waals surface area contributed by atoms with Gasteiger partial charge >= 0.3 is 0 Å². The Balaban J connectivity index is 1.52. The van der Waals surface area contributed by atoms with Crippen molar-refractivity contribution in [3.05, 3.63) is 93.2 Å². The molecular formula is C23H23FN4O2. The van der Waals surface area contributed by atoms with Crippen molar-refractivity contribution < 1.29 is 9.18 Å². The Labute approximate surface area is 174 Å². The molecule has 0 bridgehead atoms. The lowest BCUT2D eigenvalue weighted by atomic mass is 10.0. The van der Waals surface area contributed by atoms with Crippen LogP contribution in [-0.4, -0.2) is 22.0 Å². The number of fused-ring (bicyclic) bond motifs is 1. The summed E-state index contributed by atoms with van der Waals surface area (Å²) in [5, 5.41) is 2.79. The molecule has 154 valence electrons. The third-order valence-corrected chi connectivity index (χ3v) is 5.23. The highest BCUT2D eigenvalue weighted by Gasteiger charge is 2.21. The van der Waals surface area contributed by atoms with Crippen LogP contribution in [0, 0.1) is 12.7 Å². The quantitative estimate of drug-likeness (QED) is 0.707. The first-order valence-corrected chi connectivity index (χ1v) is 9.91. The monoisotopic (exact) mass is 406 g/mol. The van der Waals surface area contributed by atoms with Gasteiger partial charge in [0.15, 0.2) is 0 Å². The lowest BCUT2D eigenvalue weighted by Gasteiger charge is -2.31. The molecule has 1 amide bonds. The Morgan fingerprint density at radius 3 is 2.63 bits per heavy atom. The van der Waals surface area contributed by atoms with E-state index in [4.69, 9.17) is 0 Å². The maximum Gasteiger partial charge on any atom is 0.255 e. The molecule has 4 rings (SSSR count). The van der Waals surface area contributed by atoms with Gasteiger partial charge in [0.05, 0.1) is 0 Å². The average molecular weight is 406 g/mol. The summed E-state index contributed by atoms with van der Waals surface area (Å²) in [5.41, 5.74) is 3.65. The van der Waals surface area contributed by atoms with Crippen molar-refractivity contribution in [3.63, 3.8) is 0 Å². The summed E-state index contributed by atoms with van der Waals surface area (Å²) >= 11 is 0. The molecule has 3 aromatic rings. The molecule has 0 unspecified atom stereocenters. The highest BCUT2D eigenvalue weighted by atomic mass is 19.1. The molecule has 6 nitrogen and oxygen atoms in total. The standard InChI is InChI=1S/C23H23FN4O2/c1-16-12-22(30)28(15-21(29)25-13-17-6-8-20(24)9-7-17)23(26-16)27-11-10-18-4-2-3-5-19(18)14-27/h2-9,12H,10-11,13-15H2,1H3,(H,25,29). The van der Waals surface area contributed by atoms with Crippen molar-refractivity contribution in [3.8, 4) is 0 Å². The summed E-state index contributed by atoms with van der Waals surface area (Å²) in [7, 11) is 0. The zero-order valence-corrected chi connectivity index (χ0v) is 16.8. The number of benzene rings is 2. The number of anilines is 1. The van der Waals surface area contributed by atoms with E-state index >= 15 is 0 Å². The van der Waals surface area contributed by atoms with Crippen molar-refractivity contribution in [1.29, 1.82) is 0 Å². The van der Waals surface area contributed by atoms with Gasteiger partial charge in [0.1, 0.15) is 12.4 Å². The Kier molecular flexibility index (Phi) is 5.61. The Morgan fingerprint density at radius 1 is 1.13 bits per heavy atom. The van der Waals surface area contributed by atoms with Crippen LogP contribution < -0.4 is 15.8 Å². The number of aryl methyl sites for hydroxylation is 1. The van der Waals surface area contributed by atoms with Gasteiger partial charge in [-0.2, -0.15) is 0 Å². The van der Waals surface area contributed by atoms with Crippen LogP contribution in [0.15, 0.2) is 59.4 Å². The van der Waals surface area contributed by atoms with Crippen molar-refractivity contribution >= 4 is 11.9 Å². The SMILES string of the molecule is Cc1cc(=O)n(CC(=O)NCc2ccc(F)cc2)c(N2CCc3ccccc3C2)n1. The van der Waals surface area contributed by atoms with Crippen LogP contribution in [0.5, 0.6) is 0 Å². The maximum atomic E-state index is 13.0. The second-order valence-electron chi connectivity index (χ2n) is 7.47. The van der Waals surface area contributed by atoms with E-state index in [0.717, 1.165) is 18.5 Å². The first-order valence-electron chi connectivity index (χ1n) is 9.91. The first kappa shape index (κ1) is 19.8. The molecule has 0 atom stereocenters. The molecule has 2 aromatic carbocycles. The van der Waals surface area contributed by atoms with E-state index in [1.807, 2.05) is 17.0 Å². The fourth-order valence-electron chi connectivity index (χ4n) is 3.66. The lowest BCUT2D eigenvalue weighted by Crippen LogP contribution is -2.39. The fourth-order valence-corrected chi connectivity index (χ4v) is 3.66. The Bertz CT molecular complexity index is 1120. The van der Waals surface area contributed by atoms with Crippen LogP contribution in [0.1, 0.15) is 22.4 Å². The second-order valence-corrected chi connectivity index (χ2v) is 7.47. The van der Waals surface area contributed by atoms with E-state index in [-0.39, 0.29) is 30.4 Å². The number of hydrogen-bond acceptors (Lipinski definition) is 4. The molecular weight excluding hydrogens is 383 g/mol. The molecule has 0 fully saturated rings. The molecule has 1 aromatic heterocycles. The van der Waals surface area contributed by atoms with Crippen molar-refractivity contribution in [1.82, 2.24) is 14.9 Å². The van der Waals surface area contributed by atoms with E-state index in [0.29, 0.717) is 18.2 Å². The molecule has 0 saturated heterocycles. The number of rotatable bonds is 5. The maximum absolute atomic E-state index is 13.0. The molecule has 1 N–H and O–H groups in total. The molecule has 0 radical (unpaired) electrons. The lowest BCUT2D eigenvalue weighted by molar-refractivity contribution is -0.121. The summed E-state index contributed by atoms with van der Waals surface area (Å²) in [6.45, 7) is 3.29. The van der Waals surface area contributed by atoms with Gasteiger partial charge in [-0.15, -0.1) is 0 Å². The number of hydrogen-bond donors (Lipinski definition) is 1. The normalized spacial score (nSPS) is 13.1. The summed E-state index contributed by atoms with van der Waals surface area (Å²) in [4.78, 5) is 31.8. The van der Waals surface area contributed by atoms with E-state index in [1.54, 1.807) is 19.1 Å². The summed E-state index contributed by atoms with van der Waals surface area (Å²) in [5.74, 6) is -0.118. The number of aromatic nitrogens is 2. The molecule has 0 spiro atoms. The second kappa shape index (κ2) is 8.49. The third-order valence-electron chi connectivity index (χ3n) is 5.23. The topological polar surface area (TPSA) is 67.2 Å². The number of amides is 1. The van der Waals surface area contributed by atoms with Gasteiger partial charge in [0, 0.05) is 31.4 Å². The molecule has 0 saturated carbocycles. The Hall–Kier alpha value is -3.48. The minimum Gasteiger partial charge on any atom is -0.350 e. The zero-order chi connectivity index (χ0) is 21.1. The predicted octanol–water partition coefficient (Wildman–Crippen LogP) is 2.57. The minimum absolute atomic E-state index is 0.124. The smallest absolute Gasteiger partial charge is 0.255 e. The van der Waals surface area contributed by atoms with Crippen LogP contribution in [0.2, 0.25) is 0 Å². The van der Waals surface area contributed by atoms with Crippen molar-refractivity contribution in [2.75, 3.05) is 11.4 Å². The first-order chi connectivity index (χ1) is 14.5. The summed E-state index contributed by atoms with van der Waals surface area (Å²) in [6.07, 6.45) is 0.858. The van der Waals surface area contributed by atoms with E-state index in [1.165, 1.54) is 33.9 Å². The highest BCUT2D eigenvalue weighted by molar-refractivity contribution is 5.76. The number of nitrogens with one attached hydrogen (secondary N) is 1. The third kappa shape index (κ3) is 4.40. The van der Waals surface area contributed by atoms with Gasteiger partial charge in [-0.3, -0.25) is 14.2 Å². The van der Waals surface area contributed by atoms with Crippen molar-refractivity contribution in [2.24, 2.45) is 0 Å². The van der Waals surface area contributed by atoms with E-state index in [9.17, 15) is 14.0 Å². The number of carbonyl (C=O) groups excluding carboxylic acids is 1. The predicted molar refractivity (Wildman–Crippen MR) is 113 cm³/mol. The molecule has 1 aliphatic rings. The van der Waals surface area contributed by atoms with Gasteiger partial charge in [0.2, 0.25) is 11.9 Å². The van der Waals surface area contributed by atoms with Gasteiger partial charge in [-0.1, -0.05) is 36.4 Å². The van der Waals surface area contributed by atoms with Crippen LogP contribution in [0.25, 0.3) is 0 Å². The molecule has 0 aliphatic carbocycles. The van der Waals surface area contributed by atoms with Gasteiger partial charge in [-0.25, -0.2) is 9.37 Å². The molecule has 1 aliphatic heterocycles. The zero-order valence-electron chi connectivity index (χ0n) is 16.8. The largest absolute Gasteiger partial charge is 0.350 e. The van der Waals surface area contributed by atoms with Crippen LogP contribution in [0.4, 0.5) is 10.3 Å². The minimum atomic E-state index is -0.324. The molecule has 30 heavy (non-hydrogen) atoms. The average Bonchev–Trinajstić information content (AvgIpc) is 2.74.